The van der Waals surface area contributed by atoms with E-state index in [9.17, 15) is 9.59 Å². The van der Waals surface area contributed by atoms with Crippen LogP contribution in [0.2, 0.25) is 10.0 Å². The highest BCUT2D eigenvalue weighted by Crippen LogP contribution is 2.40. The van der Waals surface area contributed by atoms with Gasteiger partial charge in [0.05, 0.1) is 33.7 Å². The topological polar surface area (TPSA) is 81.7 Å². The minimum atomic E-state index is -0.247. The number of rotatable bonds is 5. The third-order valence-electron chi connectivity index (χ3n) is 6.73. The molecule has 11 heteroatoms. The average molecular weight is 572 g/mol. The molecule has 3 heterocycles. The van der Waals surface area contributed by atoms with Gasteiger partial charge in [0.25, 0.3) is 5.91 Å². The second-order valence-corrected chi connectivity index (χ2v) is 12.1. The van der Waals surface area contributed by atoms with E-state index in [-0.39, 0.29) is 17.2 Å². The van der Waals surface area contributed by atoms with Gasteiger partial charge in [-0.15, -0.1) is 0 Å². The summed E-state index contributed by atoms with van der Waals surface area (Å²) in [6.07, 6.45) is 1.53. The largest absolute Gasteiger partial charge is 0.348 e. The number of carbonyl (C=O) groups is 2. The number of anilines is 3. The molecule has 198 valence electrons. The molecule has 0 aliphatic carbocycles. The van der Waals surface area contributed by atoms with E-state index in [2.05, 4.69) is 46.2 Å². The van der Waals surface area contributed by atoms with Crippen molar-refractivity contribution in [1.29, 1.82) is 0 Å². The molecule has 5 rings (SSSR count). The lowest BCUT2D eigenvalue weighted by molar-refractivity contribution is -0.130. The number of thioether (sulfide) groups is 1. The predicted octanol–water partition coefficient (Wildman–Crippen LogP) is 5.42. The van der Waals surface area contributed by atoms with Crippen molar-refractivity contribution in [3.63, 3.8) is 0 Å². The highest BCUT2D eigenvalue weighted by molar-refractivity contribution is 7.99. The van der Waals surface area contributed by atoms with Crippen molar-refractivity contribution in [2.24, 2.45) is 0 Å². The van der Waals surface area contributed by atoms with Gasteiger partial charge in [0.1, 0.15) is 5.03 Å². The lowest BCUT2D eigenvalue weighted by Gasteiger charge is -2.40. The van der Waals surface area contributed by atoms with Gasteiger partial charge in [-0.05, 0) is 35.4 Å². The number of likely N-dealkylation sites (N-methyl/N-ethyl adjacent to an activating group) is 1. The molecule has 1 N–H and O–H groups in total. The molecule has 2 aliphatic rings. The highest BCUT2D eigenvalue weighted by atomic mass is 35.5. The Balaban J connectivity index is 1.36. The first-order valence-electron chi connectivity index (χ1n) is 12.1. The number of amides is 2. The van der Waals surface area contributed by atoms with Gasteiger partial charge < -0.3 is 10.2 Å². The summed E-state index contributed by atoms with van der Waals surface area (Å²) in [5.74, 6) is 0.580. The molecule has 0 spiro atoms. The minimum absolute atomic E-state index is 0.0865. The van der Waals surface area contributed by atoms with E-state index in [4.69, 9.17) is 23.2 Å². The van der Waals surface area contributed by atoms with Gasteiger partial charge in [0.15, 0.2) is 0 Å². The van der Waals surface area contributed by atoms with Crippen LogP contribution >= 0.6 is 35.0 Å². The number of nitrogens with zero attached hydrogens (tertiary/aromatic N) is 5. The maximum Gasteiger partial charge on any atom is 0.263 e. The molecule has 0 unspecified atom stereocenters. The van der Waals surface area contributed by atoms with Crippen LogP contribution in [0.3, 0.4) is 0 Å². The SMILES string of the molecule is CN(C)C(=O)CN1Cc2cc(Nc3ncc4c(n3)SCN(c3c(Cl)cccc3Cl)C4=O)ccc2C(C)(C)C1. The summed E-state index contributed by atoms with van der Waals surface area (Å²) in [6, 6.07) is 11.4. The number of aromatic nitrogens is 2. The monoisotopic (exact) mass is 570 g/mol. The van der Waals surface area contributed by atoms with E-state index < -0.39 is 0 Å². The van der Waals surface area contributed by atoms with Crippen molar-refractivity contribution in [1.82, 2.24) is 19.8 Å². The van der Waals surface area contributed by atoms with Crippen molar-refractivity contribution in [2.45, 2.75) is 30.8 Å². The van der Waals surface area contributed by atoms with Gasteiger partial charge in [-0.3, -0.25) is 19.4 Å². The Morgan fingerprint density at radius 2 is 1.92 bits per heavy atom. The number of nitrogens with one attached hydrogen (secondary N) is 1. The first-order chi connectivity index (χ1) is 18.0. The Bertz CT molecular complexity index is 1410. The zero-order chi connectivity index (χ0) is 27.2. The second kappa shape index (κ2) is 10.4. The van der Waals surface area contributed by atoms with Crippen LogP contribution in [0.1, 0.15) is 35.3 Å². The number of halogens is 2. The van der Waals surface area contributed by atoms with E-state index in [1.165, 1.54) is 23.5 Å². The molecule has 3 aromatic rings. The Hall–Kier alpha value is -2.85. The fraction of sp³-hybridized carbons (Fsp3) is 0.333. The number of para-hydroxylation sites is 1. The van der Waals surface area contributed by atoms with Crippen molar-refractivity contribution >= 4 is 64.1 Å². The number of benzene rings is 2. The Kier molecular flexibility index (Phi) is 7.30. The van der Waals surface area contributed by atoms with Crippen LogP contribution in [0.25, 0.3) is 0 Å². The van der Waals surface area contributed by atoms with E-state index in [1.807, 2.05) is 6.07 Å². The molecule has 38 heavy (non-hydrogen) atoms. The molecular formula is C27H28Cl2N6O2S. The number of hydrogen-bond donors (Lipinski definition) is 1. The average Bonchev–Trinajstić information content (AvgIpc) is 2.84. The van der Waals surface area contributed by atoms with Gasteiger partial charge in [-0.25, -0.2) is 9.97 Å². The fourth-order valence-electron chi connectivity index (χ4n) is 4.90. The van der Waals surface area contributed by atoms with E-state index in [0.717, 1.165) is 17.8 Å². The summed E-state index contributed by atoms with van der Waals surface area (Å²) in [7, 11) is 3.56. The molecule has 0 bridgehead atoms. The smallest absolute Gasteiger partial charge is 0.263 e. The van der Waals surface area contributed by atoms with Crippen molar-refractivity contribution in [2.75, 3.05) is 43.3 Å². The van der Waals surface area contributed by atoms with Gasteiger partial charge in [-0.1, -0.05) is 60.9 Å². The first kappa shape index (κ1) is 26.7. The summed E-state index contributed by atoms with van der Waals surface area (Å²) in [5.41, 5.74) is 4.07. The quantitative estimate of drug-likeness (QED) is 0.410. The summed E-state index contributed by atoms with van der Waals surface area (Å²) in [4.78, 5) is 39.9. The molecule has 0 saturated carbocycles. The highest BCUT2D eigenvalue weighted by Gasteiger charge is 2.33. The van der Waals surface area contributed by atoms with Gasteiger partial charge in [0, 0.05) is 44.5 Å². The van der Waals surface area contributed by atoms with E-state index in [1.54, 1.807) is 42.1 Å². The van der Waals surface area contributed by atoms with Crippen LogP contribution in [-0.4, -0.2) is 64.6 Å². The number of fused-ring (bicyclic) bond motifs is 2. The van der Waals surface area contributed by atoms with Gasteiger partial charge in [-0.2, -0.15) is 0 Å². The summed E-state index contributed by atoms with van der Waals surface area (Å²) in [5, 5.41) is 4.70. The van der Waals surface area contributed by atoms with Crippen molar-refractivity contribution in [3.05, 3.63) is 69.3 Å². The molecule has 0 atom stereocenters. The number of hydrogen-bond acceptors (Lipinski definition) is 7. The molecule has 0 fully saturated rings. The summed E-state index contributed by atoms with van der Waals surface area (Å²) >= 11 is 14.1. The molecule has 0 radical (unpaired) electrons. The zero-order valence-electron chi connectivity index (χ0n) is 21.6. The molecule has 2 aromatic carbocycles. The Morgan fingerprint density at radius 1 is 1.18 bits per heavy atom. The zero-order valence-corrected chi connectivity index (χ0v) is 23.9. The summed E-state index contributed by atoms with van der Waals surface area (Å²) in [6.45, 7) is 6.27. The molecule has 1 aromatic heterocycles. The molecule has 8 nitrogen and oxygen atoms in total. The van der Waals surface area contributed by atoms with Crippen molar-refractivity contribution < 1.29 is 9.59 Å². The summed E-state index contributed by atoms with van der Waals surface area (Å²) < 4.78 is 0. The molecule has 2 amide bonds. The Morgan fingerprint density at radius 3 is 2.63 bits per heavy atom. The van der Waals surface area contributed by atoms with Gasteiger partial charge in [0.2, 0.25) is 11.9 Å². The standard InChI is InChI=1S/C27H28Cl2N6O2S/c1-27(2)14-34(13-22(36)33(3)4)12-16-10-17(8-9-19(16)27)31-26-30-11-18-24(32-26)38-15-35(25(18)37)23-20(28)6-5-7-21(23)29/h5-11H,12-15H2,1-4H3,(H,30,31,32). The van der Waals surface area contributed by atoms with Gasteiger partial charge >= 0.3 is 0 Å². The third-order valence-corrected chi connectivity index (χ3v) is 8.31. The molecular weight excluding hydrogens is 543 g/mol. The van der Waals surface area contributed by atoms with Crippen LogP contribution in [0.4, 0.5) is 17.3 Å². The van der Waals surface area contributed by atoms with Crippen LogP contribution in [-0.2, 0) is 16.8 Å². The molecule has 2 aliphatic heterocycles. The maximum atomic E-state index is 13.2. The third kappa shape index (κ3) is 5.20. The molecule has 0 saturated heterocycles. The minimum Gasteiger partial charge on any atom is -0.348 e. The lowest BCUT2D eigenvalue weighted by Crippen LogP contribution is -2.46. The van der Waals surface area contributed by atoms with Crippen LogP contribution in [0, 0.1) is 0 Å². The first-order valence-corrected chi connectivity index (χ1v) is 13.9. The lowest BCUT2D eigenvalue weighted by atomic mass is 9.78. The van der Waals surface area contributed by atoms with E-state index >= 15 is 0 Å². The Labute approximate surface area is 236 Å². The van der Waals surface area contributed by atoms with Crippen LogP contribution < -0.4 is 10.2 Å². The maximum absolute atomic E-state index is 13.2. The van der Waals surface area contributed by atoms with E-state index in [0.29, 0.717) is 51.2 Å². The van der Waals surface area contributed by atoms with Crippen LogP contribution in [0.5, 0.6) is 0 Å². The fourth-order valence-corrected chi connectivity index (χ4v) is 6.45. The number of carbonyl (C=O) groups excluding carboxylic acids is 2. The normalized spacial score (nSPS) is 16.6. The van der Waals surface area contributed by atoms with Crippen molar-refractivity contribution in [3.8, 4) is 0 Å². The van der Waals surface area contributed by atoms with Crippen LogP contribution in [0.15, 0.2) is 47.6 Å². The second-order valence-electron chi connectivity index (χ2n) is 10.3. The predicted molar refractivity (Wildman–Crippen MR) is 153 cm³/mol.